The molecule has 1 aliphatic rings. The maximum absolute atomic E-state index is 12.6. The van der Waals surface area contributed by atoms with Crippen LogP contribution in [0.25, 0.3) is 0 Å². The van der Waals surface area contributed by atoms with Crippen LogP contribution < -0.4 is 0 Å². The van der Waals surface area contributed by atoms with Gasteiger partial charge in [-0.1, -0.05) is 11.6 Å². The lowest BCUT2D eigenvalue weighted by Gasteiger charge is -2.34. The zero-order valence-corrected chi connectivity index (χ0v) is 16.0. The molecule has 0 bridgehead atoms. The summed E-state index contributed by atoms with van der Waals surface area (Å²) in [6.45, 7) is 18.8. The Labute approximate surface area is 144 Å². The van der Waals surface area contributed by atoms with E-state index in [1.807, 2.05) is 33.8 Å². The molecule has 0 saturated carbocycles. The molecule has 0 spiro atoms. The molecule has 0 amide bonds. The van der Waals surface area contributed by atoms with E-state index in [9.17, 15) is 4.21 Å². The summed E-state index contributed by atoms with van der Waals surface area (Å²) < 4.78 is 22.3. The zero-order valence-electron chi connectivity index (χ0n) is 15.1. The third-order valence-electron chi connectivity index (χ3n) is 3.77. The molecule has 1 rings (SSSR count). The van der Waals surface area contributed by atoms with Gasteiger partial charge in [0.2, 0.25) is 0 Å². The lowest BCUT2D eigenvalue weighted by Crippen LogP contribution is -2.44. The molecule has 2 atom stereocenters. The Kier molecular flexibility index (Phi) is 8.20. The molecule has 0 N–H and O–H groups in total. The van der Waals surface area contributed by atoms with Gasteiger partial charge in [-0.15, -0.1) is 13.2 Å². The average molecular weight is 341 g/mol. The molecule has 1 aliphatic heterocycles. The molecule has 0 aliphatic carbocycles. The molecule has 132 valence electrons. The minimum absolute atomic E-state index is 0.230. The molecule has 0 aromatic heterocycles. The first-order valence-corrected chi connectivity index (χ1v) is 9.45. The number of nitrogens with zero attached hydrogens (tertiary/aromatic N) is 2. The maximum Gasteiger partial charge on any atom is 0.146 e. The second kappa shape index (κ2) is 9.38. The van der Waals surface area contributed by atoms with Crippen LogP contribution in [-0.2, 0) is 15.7 Å². The predicted molar refractivity (Wildman–Crippen MR) is 100 cm³/mol. The van der Waals surface area contributed by atoms with E-state index >= 15 is 0 Å². The number of morpholine rings is 1. The van der Waals surface area contributed by atoms with Crippen LogP contribution in [0.4, 0.5) is 0 Å². The number of hydrogen-bond donors (Lipinski definition) is 0. The van der Waals surface area contributed by atoms with E-state index in [4.69, 9.17) is 4.74 Å². The fourth-order valence-electron chi connectivity index (χ4n) is 2.38. The van der Waals surface area contributed by atoms with Crippen LogP contribution in [0.3, 0.4) is 0 Å². The highest BCUT2D eigenvalue weighted by Crippen LogP contribution is 2.22. The van der Waals surface area contributed by atoms with E-state index in [1.54, 1.807) is 0 Å². The van der Waals surface area contributed by atoms with Gasteiger partial charge in [-0.25, -0.2) is 4.21 Å². The van der Waals surface area contributed by atoms with Gasteiger partial charge >= 0.3 is 0 Å². The molecule has 23 heavy (non-hydrogen) atoms. The largest absolute Gasteiger partial charge is 0.378 e. The van der Waals surface area contributed by atoms with Crippen LogP contribution in [-0.4, -0.2) is 46.0 Å². The van der Waals surface area contributed by atoms with Gasteiger partial charge in [0.05, 0.1) is 18.0 Å². The van der Waals surface area contributed by atoms with Crippen molar-refractivity contribution >= 4 is 16.8 Å². The second-order valence-electron chi connectivity index (χ2n) is 7.13. The van der Waals surface area contributed by atoms with Crippen LogP contribution in [0.15, 0.2) is 29.2 Å². The smallest absolute Gasteiger partial charge is 0.146 e. The van der Waals surface area contributed by atoms with Crippen LogP contribution in [0.1, 0.15) is 47.0 Å². The zero-order chi connectivity index (χ0) is 17.5. The molecular formula is C18H32N2O2S. The number of allylic oxidation sites excluding steroid dienone is 2. The monoisotopic (exact) mass is 340 g/mol. The molecule has 4 nitrogen and oxygen atoms in total. The lowest BCUT2D eigenvalue weighted by atomic mass is 9.95. The predicted octanol–water partition coefficient (Wildman–Crippen LogP) is 3.73. The van der Waals surface area contributed by atoms with Crippen LogP contribution in [0, 0.1) is 5.92 Å². The molecule has 0 unspecified atom stereocenters. The lowest BCUT2D eigenvalue weighted by molar-refractivity contribution is 0.0659. The van der Waals surface area contributed by atoms with Crippen molar-refractivity contribution in [2.45, 2.75) is 51.7 Å². The first kappa shape index (κ1) is 20.1. The summed E-state index contributed by atoms with van der Waals surface area (Å²) in [4.78, 5) is 2.24. The Morgan fingerprint density at radius 3 is 2.48 bits per heavy atom. The van der Waals surface area contributed by atoms with Crippen LogP contribution in [0.5, 0.6) is 0 Å². The second-order valence-corrected chi connectivity index (χ2v) is 9.03. The third-order valence-corrected chi connectivity index (χ3v) is 5.17. The van der Waals surface area contributed by atoms with E-state index in [0.717, 1.165) is 43.8 Å². The highest BCUT2D eigenvalue weighted by Gasteiger charge is 2.27. The molecular weight excluding hydrogens is 308 g/mol. The van der Waals surface area contributed by atoms with Crippen molar-refractivity contribution in [3.05, 3.63) is 24.8 Å². The molecule has 0 aromatic rings. The Hall–Kier alpha value is -0.940. The van der Waals surface area contributed by atoms with Gasteiger partial charge in [0.1, 0.15) is 16.8 Å². The van der Waals surface area contributed by atoms with Gasteiger partial charge < -0.3 is 9.64 Å². The number of hydrogen-bond acceptors (Lipinski definition) is 2. The van der Waals surface area contributed by atoms with Gasteiger partial charge in [0.25, 0.3) is 0 Å². The summed E-state index contributed by atoms with van der Waals surface area (Å²) in [6, 6.07) is 0. The average Bonchev–Trinajstić information content (AvgIpc) is 2.49. The first-order chi connectivity index (χ1) is 10.8. The Morgan fingerprint density at radius 1 is 1.39 bits per heavy atom. The minimum Gasteiger partial charge on any atom is -0.378 e. The topological polar surface area (TPSA) is 41.9 Å². The van der Waals surface area contributed by atoms with E-state index < -0.39 is 11.0 Å². The minimum atomic E-state index is -1.26. The van der Waals surface area contributed by atoms with Crippen LogP contribution in [0.2, 0.25) is 0 Å². The van der Waals surface area contributed by atoms with E-state index in [-0.39, 0.29) is 10.7 Å². The van der Waals surface area contributed by atoms with Gasteiger partial charge in [0, 0.05) is 19.0 Å². The molecule has 1 fully saturated rings. The molecule has 0 aromatic carbocycles. The number of rotatable bonds is 7. The van der Waals surface area contributed by atoms with Crippen molar-refractivity contribution in [1.82, 2.24) is 4.90 Å². The van der Waals surface area contributed by atoms with Crippen molar-refractivity contribution < 1.29 is 8.95 Å². The maximum atomic E-state index is 12.6. The van der Waals surface area contributed by atoms with E-state index in [1.165, 1.54) is 0 Å². The Bertz CT molecular complexity index is 460. The third kappa shape index (κ3) is 7.00. The normalized spacial score (nSPS) is 19.3. The summed E-state index contributed by atoms with van der Waals surface area (Å²) in [5, 5.41) is 0. The van der Waals surface area contributed by atoms with Crippen molar-refractivity contribution in [3.63, 3.8) is 0 Å². The van der Waals surface area contributed by atoms with Crippen LogP contribution >= 0.6 is 0 Å². The number of ether oxygens (including phenoxy) is 1. The van der Waals surface area contributed by atoms with Gasteiger partial charge in [-0.3, -0.25) is 0 Å². The van der Waals surface area contributed by atoms with Crippen molar-refractivity contribution in [2.24, 2.45) is 10.3 Å². The van der Waals surface area contributed by atoms with Crippen molar-refractivity contribution in [1.29, 1.82) is 0 Å². The summed E-state index contributed by atoms with van der Waals surface area (Å²) >= 11 is 0. The van der Waals surface area contributed by atoms with Gasteiger partial charge in [0.15, 0.2) is 0 Å². The fourth-order valence-corrected chi connectivity index (χ4v) is 3.09. The Morgan fingerprint density at radius 2 is 2.00 bits per heavy atom. The summed E-state index contributed by atoms with van der Waals surface area (Å²) in [6.07, 6.45) is 4.67. The van der Waals surface area contributed by atoms with E-state index in [0.29, 0.717) is 13.2 Å². The summed E-state index contributed by atoms with van der Waals surface area (Å²) in [5.41, 5.74) is 1.16. The fraction of sp³-hybridized carbons (Fsp3) is 0.722. The summed E-state index contributed by atoms with van der Waals surface area (Å²) in [5.74, 6) is 1.18. The van der Waals surface area contributed by atoms with Crippen molar-refractivity contribution in [3.8, 4) is 0 Å². The van der Waals surface area contributed by atoms with Crippen molar-refractivity contribution in [2.75, 3.05) is 26.3 Å². The SMILES string of the molecule is C=CC[C@@H](CCC(=C)C)/C(=N\[S@](=O)C(C)(C)C)N1CCOCC1. The standard InChI is InChI=1S/C18H32N2O2S/c1-7-8-16(10-9-15(2)3)17(19-23(21)18(4,5)6)20-11-13-22-14-12-20/h7,16H,1-2,8-14H2,3-6H3/b19-17+/t16-,23+/m0/s1. The highest BCUT2D eigenvalue weighted by molar-refractivity contribution is 7.85. The molecule has 5 heteroatoms. The quantitative estimate of drug-likeness (QED) is 0.403. The first-order valence-electron chi connectivity index (χ1n) is 8.34. The van der Waals surface area contributed by atoms with E-state index in [2.05, 4.69) is 22.5 Å². The molecule has 1 heterocycles. The van der Waals surface area contributed by atoms with Gasteiger partial charge in [-0.2, -0.15) is 4.40 Å². The highest BCUT2D eigenvalue weighted by atomic mass is 32.2. The van der Waals surface area contributed by atoms with Gasteiger partial charge in [-0.05, 0) is 47.0 Å². The molecule has 0 radical (unpaired) electrons. The Balaban J connectivity index is 3.07. The summed E-state index contributed by atoms with van der Waals surface area (Å²) in [7, 11) is -1.26. The molecule has 1 saturated heterocycles. The number of amidine groups is 1.